The Bertz CT molecular complexity index is 569. The number of piperidine rings is 1. The molecule has 1 N–H and O–H groups in total. The topological polar surface area (TPSA) is 36.4 Å². The third-order valence-corrected chi connectivity index (χ3v) is 3.80. The zero-order valence-electron chi connectivity index (χ0n) is 10.6. The van der Waals surface area contributed by atoms with Crippen LogP contribution in [0, 0.1) is 0 Å². The van der Waals surface area contributed by atoms with Gasteiger partial charge < -0.3 is 10.0 Å². The number of likely N-dealkylation sites (tertiary alicyclic amines) is 1. The van der Waals surface area contributed by atoms with Gasteiger partial charge in [-0.1, -0.05) is 12.1 Å². The van der Waals surface area contributed by atoms with Crippen molar-refractivity contribution in [3.63, 3.8) is 0 Å². The van der Waals surface area contributed by atoms with Crippen molar-refractivity contribution in [1.82, 2.24) is 9.88 Å². The SMILES string of the molecule is CN1CCCC(O)(c2ccc3ncccc3c2)C1. The molecule has 0 amide bonds. The van der Waals surface area contributed by atoms with Gasteiger partial charge in [0.25, 0.3) is 0 Å². The van der Waals surface area contributed by atoms with Crippen LogP contribution in [0.4, 0.5) is 0 Å². The average Bonchev–Trinajstić information content (AvgIpc) is 2.38. The first-order chi connectivity index (χ1) is 8.67. The van der Waals surface area contributed by atoms with Crippen LogP contribution in [0.25, 0.3) is 10.9 Å². The van der Waals surface area contributed by atoms with Crippen LogP contribution in [-0.4, -0.2) is 35.1 Å². The van der Waals surface area contributed by atoms with Crippen molar-refractivity contribution in [2.45, 2.75) is 18.4 Å². The minimum absolute atomic E-state index is 0.707. The van der Waals surface area contributed by atoms with Gasteiger partial charge in [-0.15, -0.1) is 0 Å². The zero-order chi connectivity index (χ0) is 12.6. The van der Waals surface area contributed by atoms with Crippen LogP contribution in [0.5, 0.6) is 0 Å². The van der Waals surface area contributed by atoms with Crippen LogP contribution in [0.1, 0.15) is 18.4 Å². The van der Waals surface area contributed by atoms with Gasteiger partial charge in [-0.25, -0.2) is 0 Å². The maximum atomic E-state index is 10.8. The van der Waals surface area contributed by atoms with E-state index in [4.69, 9.17) is 0 Å². The molecular formula is C15H18N2O. The lowest BCUT2D eigenvalue weighted by atomic mass is 9.85. The Kier molecular flexibility index (Phi) is 2.80. The van der Waals surface area contributed by atoms with E-state index < -0.39 is 5.60 Å². The molecule has 0 aliphatic carbocycles. The minimum Gasteiger partial charge on any atom is -0.384 e. The van der Waals surface area contributed by atoms with E-state index in [9.17, 15) is 5.11 Å². The van der Waals surface area contributed by atoms with Crippen molar-refractivity contribution >= 4 is 10.9 Å². The number of rotatable bonds is 1. The number of β-amino-alcohol motifs (C(OH)–C–C–N with tert-alkyl or cyclic N) is 1. The highest BCUT2D eigenvalue weighted by atomic mass is 16.3. The second kappa shape index (κ2) is 4.34. The summed E-state index contributed by atoms with van der Waals surface area (Å²) in [5.41, 5.74) is 1.28. The van der Waals surface area contributed by atoms with Crippen LogP contribution in [0.2, 0.25) is 0 Å². The smallest absolute Gasteiger partial charge is 0.102 e. The summed E-state index contributed by atoms with van der Waals surface area (Å²) in [6.07, 6.45) is 3.67. The molecule has 1 aliphatic heterocycles. The second-order valence-corrected chi connectivity index (χ2v) is 5.28. The number of pyridine rings is 1. The fourth-order valence-corrected chi connectivity index (χ4v) is 2.85. The number of benzene rings is 1. The number of aliphatic hydroxyl groups is 1. The second-order valence-electron chi connectivity index (χ2n) is 5.28. The fraction of sp³-hybridized carbons (Fsp3) is 0.400. The molecule has 0 spiro atoms. The number of fused-ring (bicyclic) bond motifs is 1. The number of hydrogen-bond acceptors (Lipinski definition) is 3. The predicted octanol–water partition coefficient (Wildman–Crippen LogP) is 2.15. The van der Waals surface area contributed by atoms with Crippen molar-refractivity contribution < 1.29 is 5.11 Å². The molecule has 18 heavy (non-hydrogen) atoms. The van der Waals surface area contributed by atoms with E-state index >= 15 is 0 Å². The number of nitrogens with zero attached hydrogens (tertiary/aromatic N) is 2. The lowest BCUT2D eigenvalue weighted by Gasteiger charge is -2.37. The summed E-state index contributed by atoms with van der Waals surface area (Å²) >= 11 is 0. The summed E-state index contributed by atoms with van der Waals surface area (Å²) in [6, 6.07) is 10.1. The molecule has 0 radical (unpaired) electrons. The summed E-state index contributed by atoms with van der Waals surface area (Å²) in [5.74, 6) is 0. The Morgan fingerprint density at radius 3 is 3.06 bits per heavy atom. The minimum atomic E-state index is -0.711. The Morgan fingerprint density at radius 1 is 1.33 bits per heavy atom. The third-order valence-electron chi connectivity index (χ3n) is 3.80. The Hall–Kier alpha value is -1.45. The Balaban J connectivity index is 2.02. The first-order valence-corrected chi connectivity index (χ1v) is 6.44. The van der Waals surface area contributed by atoms with Crippen LogP contribution in [-0.2, 0) is 5.60 Å². The van der Waals surface area contributed by atoms with Crippen molar-refractivity contribution in [2.24, 2.45) is 0 Å². The van der Waals surface area contributed by atoms with E-state index in [0.29, 0.717) is 6.54 Å². The molecule has 3 heteroatoms. The summed E-state index contributed by atoms with van der Waals surface area (Å²) in [6.45, 7) is 1.77. The molecule has 1 aromatic heterocycles. The Labute approximate surface area is 107 Å². The normalized spacial score (nSPS) is 25.4. The van der Waals surface area contributed by atoms with Gasteiger partial charge in [0.2, 0.25) is 0 Å². The highest BCUT2D eigenvalue weighted by Gasteiger charge is 2.33. The van der Waals surface area contributed by atoms with Crippen molar-refractivity contribution in [2.75, 3.05) is 20.1 Å². The number of likely N-dealkylation sites (N-methyl/N-ethyl adjacent to an activating group) is 1. The largest absolute Gasteiger partial charge is 0.384 e. The monoisotopic (exact) mass is 242 g/mol. The van der Waals surface area contributed by atoms with Gasteiger partial charge in [0.05, 0.1) is 5.52 Å². The van der Waals surface area contributed by atoms with Gasteiger partial charge in [0, 0.05) is 18.1 Å². The van der Waals surface area contributed by atoms with E-state index in [2.05, 4.69) is 23.0 Å². The van der Waals surface area contributed by atoms with Crippen molar-refractivity contribution in [3.8, 4) is 0 Å². The van der Waals surface area contributed by atoms with Crippen molar-refractivity contribution in [3.05, 3.63) is 42.1 Å². The molecule has 3 nitrogen and oxygen atoms in total. The van der Waals surface area contributed by atoms with Gasteiger partial charge in [0.15, 0.2) is 0 Å². The average molecular weight is 242 g/mol. The molecule has 1 unspecified atom stereocenters. The van der Waals surface area contributed by atoms with Gasteiger partial charge in [-0.2, -0.15) is 0 Å². The molecule has 0 saturated carbocycles. The highest BCUT2D eigenvalue weighted by molar-refractivity contribution is 5.79. The summed E-state index contributed by atoms with van der Waals surface area (Å²) < 4.78 is 0. The molecular weight excluding hydrogens is 224 g/mol. The molecule has 94 valence electrons. The van der Waals surface area contributed by atoms with Crippen molar-refractivity contribution in [1.29, 1.82) is 0 Å². The maximum absolute atomic E-state index is 10.8. The molecule has 3 rings (SSSR count). The predicted molar refractivity (Wildman–Crippen MR) is 72.4 cm³/mol. The van der Waals surface area contributed by atoms with Crippen LogP contribution in [0.3, 0.4) is 0 Å². The molecule has 1 aromatic carbocycles. The first kappa shape index (κ1) is 11.6. The van der Waals surface area contributed by atoms with Gasteiger partial charge in [-0.05, 0) is 50.2 Å². The third kappa shape index (κ3) is 2.00. The molecule has 1 fully saturated rings. The molecule has 1 saturated heterocycles. The van der Waals surface area contributed by atoms with Crippen LogP contribution >= 0.6 is 0 Å². The maximum Gasteiger partial charge on any atom is 0.102 e. The quantitative estimate of drug-likeness (QED) is 0.832. The van der Waals surface area contributed by atoms with Gasteiger partial charge >= 0.3 is 0 Å². The first-order valence-electron chi connectivity index (χ1n) is 6.44. The van der Waals surface area contributed by atoms with E-state index in [0.717, 1.165) is 35.9 Å². The molecule has 2 aromatic rings. The molecule has 1 atom stereocenters. The molecule has 0 bridgehead atoms. The summed E-state index contributed by atoms with van der Waals surface area (Å²) in [7, 11) is 2.06. The molecule has 1 aliphatic rings. The van der Waals surface area contributed by atoms with Gasteiger partial charge in [-0.3, -0.25) is 4.98 Å². The summed E-state index contributed by atoms with van der Waals surface area (Å²) in [4.78, 5) is 6.50. The van der Waals surface area contributed by atoms with E-state index in [-0.39, 0.29) is 0 Å². The van der Waals surface area contributed by atoms with E-state index in [1.165, 1.54) is 0 Å². The standard InChI is InChI=1S/C15H18N2O/c1-17-9-3-7-15(18,11-17)13-5-6-14-12(10-13)4-2-8-16-14/h2,4-6,8,10,18H,3,7,9,11H2,1H3. The lowest BCUT2D eigenvalue weighted by Crippen LogP contribution is -2.44. The number of aromatic nitrogens is 1. The van der Waals surface area contributed by atoms with Crippen LogP contribution < -0.4 is 0 Å². The van der Waals surface area contributed by atoms with Gasteiger partial charge in [0.1, 0.15) is 5.60 Å². The zero-order valence-corrected chi connectivity index (χ0v) is 10.6. The lowest BCUT2D eigenvalue weighted by molar-refractivity contribution is -0.0276. The highest BCUT2D eigenvalue weighted by Crippen LogP contribution is 2.32. The number of hydrogen-bond donors (Lipinski definition) is 1. The molecule has 2 heterocycles. The van der Waals surface area contributed by atoms with E-state index in [1.807, 2.05) is 24.3 Å². The fourth-order valence-electron chi connectivity index (χ4n) is 2.85. The summed E-state index contributed by atoms with van der Waals surface area (Å²) in [5, 5.41) is 11.9. The van der Waals surface area contributed by atoms with Crippen LogP contribution in [0.15, 0.2) is 36.5 Å². The van der Waals surface area contributed by atoms with E-state index in [1.54, 1.807) is 6.20 Å². The Morgan fingerprint density at radius 2 is 2.22 bits per heavy atom.